The molecular formula is C13H13F4NO2S. The number of carbonyl (C=O) groups is 1. The van der Waals surface area contributed by atoms with Gasteiger partial charge in [0.25, 0.3) is 5.91 Å². The Hall–Kier alpha value is -1.44. The molecule has 8 heteroatoms. The van der Waals surface area contributed by atoms with Crippen molar-refractivity contribution in [3.8, 4) is 0 Å². The van der Waals surface area contributed by atoms with E-state index in [1.165, 1.54) is 0 Å². The number of benzene rings is 1. The zero-order chi connectivity index (χ0) is 15.6. The van der Waals surface area contributed by atoms with E-state index in [0.29, 0.717) is 42.5 Å². The number of hydrogen-bond donors (Lipinski definition) is 1. The summed E-state index contributed by atoms with van der Waals surface area (Å²) in [5.74, 6) is -1.03. The maximum Gasteiger partial charge on any atom is 0.416 e. The highest BCUT2D eigenvalue weighted by molar-refractivity contribution is 7.85. The summed E-state index contributed by atoms with van der Waals surface area (Å²) in [6, 6.07) is 1.44. The smallest absolute Gasteiger partial charge is 0.349 e. The van der Waals surface area contributed by atoms with E-state index in [9.17, 15) is 26.6 Å². The molecule has 1 saturated heterocycles. The molecule has 0 saturated carbocycles. The molecule has 0 aliphatic carbocycles. The highest BCUT2D eigenvalue weighted by Gasteiger charge is 2.32. The van der Waals surface area contributed by atoms with Crippen molar-refractivity contribution in [3.05, 3.63) is 35.1 Å². The second kappa shape index (κ2) is 6.13. The third-order valence-electron chi connectivity index (χ3n) is 3.26. The van der Waals surface area contributed by atoms with E-state index < -0.39 is 39.8 Å². The highest BCUT2D eigenvalue weighted by atomic mass is 32.2. The molecule has 116 valence electrons. The van der Waals surface area contributed by atoms with E-state index in [0.717, 1.165) is 0 Å². The van der Waals surface area contributed by atoms with Crippen molar-refractivity contribution in [2.45, 2.75) is 25.1 Å². The van der Waals surface area contributed by atoms with Gasteiger partial charge < -0.3 is 5.32 Å². The number of carbonyl (C=O) groups excluding carboxylic acids is 1. The van der Waals surface area contributed by atoms with Gasteiger partial charge in [-0.3, -0.25) is 9.00 Å². The molecule has 2 rings (SSSR count). The zero-order valence-electron chi connectivity index (χ0n) is 10.9. The van der Waals surface area contributed by atoms with Crippen LogP contribution in [0, 0.1) is 5.82 Å². The van der Waals surface area contributed by atoms with Gasteiger partial charge in [0.05, 0.1) is 11.1 Å². The van der Waals surface area contributed by atoms with E-state index in [-0.39, 0.29) is 6.04 Å². The van der Waals surface area contributed by atoms with E-state index in [2.05, 4.69) is 5.32 Å². The van der Waals surface area contributed by atoms with E-state index in [1.54, 1.807) is 0 Å². The Morgan fingerprint density at radius 3 is 2.43 bits per heavy atom. The molecule has 1 amide bonds. The molecule has 0 spiro atoms. The van der Waals surface area contributed by atoms with Crippen LogP contribution in [0.25, 0.3) is 0 Å². The Morgan fingerprint density at radius 2 is 1.86 bits per heavy atom. The monoisotopic (exact) mass is 323 g/mol. The molecule has 1 N–H and O–H groups in total. The minimum Gasteiger partial charge on any atom is -0.349 e. The summed E-state index contributed by atoms with van der Waals surface area (Å²) < 4.78 is 62.5. The van der Waals surface area contributed by atoms with Crippen LogP contribution in [0.15, 0.2) is 18.2 Å². The first kappa shape index (κ1) is 15.9. The van der Waals surface area contributed by atoms with Crippen molar-refractivity contribution in [1.82, 2.24) is 5.32 Å². The van der Waals surface area contributed by atoms with Crippen LogP contribution < -0.4 is 5.32 Å². The summed E-state index contributed by atoms with van der Waals surface area (Å²) in [4.78, 5) is 11.9. The van der Waals surface area contributed by atoms with Crippen molar-refractivity contribution < 1.29 is 26.6 Å². The van der Waals surface area contributed by atoms with Gasteiger partial charge in [-0.25, -0.2) is 4.39 Å². The van der Waals surface area contributed by atoms with Gasteiger partial charge in [-0.15, -0.1) is 0 Å². The van der Waals surface area contributed by atoms with Crippen molar-refractivity contribution >= 4 is 16.7 Å². The van der Waals surface area contributed by atoms with Crippen LogP contribution in [-0.4, -0.2) is 27.7 Å². The Kier molecular flexibility index (Phi) is 4.65. The topological polar surface area (TPSA) is 46.2 Å². The van der Waals surface area contributed by atoms with Gasteiger partial charge in [0, 0.05) is 28.3 Å². The van der Waals surface area contributed by atoms with E-state index in [1.807, 2.05) is 0 Å². The van der Waals surface area contributed by atoms with Gasteiger partial charge in [0.2, 0.25) is 0 Å². The normalized spacial score (nSPS) is 22.9. The van der Waals surface area contributed by atoms with Gasteiger partial charge >= 0.3 is 6.18 Å². The van der Waals surface area contributed by atoms with Crippen molar-refractivity contribution in [1.29, 1.82) is 0 Å². The third-order valence-corrected chi connectivity index (χ3v) is 4.64. The number of amides is 1. The fourth-order valence-electron chi connectivity index (χ4n) is 2.08. The fourth-order valence-corrected chi connectivity index (χ4v) is 3.38. The van der Waals surface area contributed by atoms with Crippen molar-refractivity contribution in [2.75, 3.05) is 11.5 Å². The van der Waals surface area contributed by atoms with Gasteiger partial charge in [0.15, 0.2) is 0 Å². The second-order valence-corrected chi connectivity index (χ2v) is 6.48. The van der Waals surface area contributed by atoms with Gasteiger partial charge in [-0.2, -0.15) is 13.2 Å². The lowest BCUT2D eigenvalue weighted by molar-refractivity contribution is -0.137. The van der Waals surface area contributed by atoms with Crippen LogP contribution in [0.3, 0.4) is 0 Å². The fraction of sp³-hybridized carbons (Fsp3) is 0.462. The lowest BCUT2D eigenvalue weighted by Crippen LogP contribution is -2.40. The molecule has 1 aromatic rings. The van der Waals surface area contributed by atoms with E-state index in [4.69, 9.17) is 0 Å². The van der Waals surface area contributed by atoms with Crippen molar-refractivity contribution in [2.24, 2.45) is 0 Å². The first-order valence-corrected chi connectivity index (χ1v) is 7.79. The lowest BCUT2D eigenvalue weighted by atomic mass is 10.1. The molecular weight excluding hydrogens is 310 g/mol. The van der Waals surface area contributed by atoms with Crippen LogP contribution in [0.2, 0.25) is 0 Å². The molecule has 1 aromatic carbocycles. The van der Waals surface area contributed by atoms with Gasteiger partial charge in [-0.05, 0) is 31.0 Å². The Balaban J connectivity index is 2.13. The van der Waals surface area contributed by atoms with Crippen LogP contribution in [0.5, 0.6) is 0 Å². The predicted molar refractivity (Wildman–Crippen MR) is 69.8 cm³/mol. The summed E-state index contributed by atoms with van der Waals surface area (Å²) in [6.07, 6.45) is -3.69. The number of alkyl halides is 3. The summed E-state index contributed by atoms with van der Waals surface area (Å²) in [7, 11) is -0.914. The first-order valence-electron chi connectivity index (χ1n) is 6.30. The number of rotatable bonds is 2. The van der Waals surface area contributed by atoms with E-state index >= 15 is 0 Å². The SMILES string of the molecule is O=C(NC1CCS(=O)CC1)c1cc(C(F)(F)F)ccc1F. The second-order valence-electron chi connectivity index (χ2n) is 4.79. The summed E-state index contributed by atoms with van der Waals surface area (Å²) in [5.41, 5.74) is -1.70. The minimum absolute atomic E-state index is 0.288. The molecule has 1 aliphatic heterocycles. The molecule has 1 aliphatic rings. The number of hydrogen-bond acceptors (Lipinski definition) is 2. The Labute approximate surface area is 121 Å². The molecule has 21 heavy (non-hydrogen) atoms. The Morgan fingerprint density at radius 1 is 1.24 bits per heavy atom. The first-order chi connectivity index (χ1) is 9.77. The van der Waals surface area contributed by atoms with Crippen molar-refractivity contribution in [3.63, 3.8) is 0 Å². The molecule has 1 fully saturated rings. The average Bonchev–Trinajstić information content (AvgIpc) is 2.40. The third kappa shape index (κ3) is 4.03. The molecule has 0 aromatic heterocycles. The average molecular weight is 323 g/mol. The maximum atomic E-state index is 13.5. The summed E-state index contributed by atoms with van der Waals surface area (Å²) in [6.45, 7) is 0. The molecule has 0 bridgehead atoms. The standard InChI is InChI=1S/C13H13F4NO2S/c14-11-2-1-8(13(15,16)17)7-10(11)12(19)18-9-3-5-21(20)6-4-9/h1-2,7,9H,3-6H2,(H,18,19). The molecule has 3 nitrogen and oxygen atoms in total. The van der Waals surface area contributed by atoms with Crippen LogP contribution in [0.4, 0.5) is 17.6 Å². The van der Waals surface area contributed by atoms with Gasteiger partial charge in [0.1, 0.15) is 5.82 Å². The largest absolute Gasteiger partial charge is 0.416 e. The molecule has 0 unspecified atom stereocenters. The molecule has 0 radical (unpaired) electrons. The maximum absolute atomic E-state index is 13.5. The summed E-state index contributed by atoms with van der Waals surface area (Å²) >= 11 is 0. The zero-order valence-corrected chi connectivity index (χ0v) is 11.7. The summed E-state index contributed by atoms with van der Waals surface area (Å²) in [5, 5.41) is 2.49. The number of halogens is 4. The molecule has 0 atom stereocenters. The van der Waals surface area contributed by atoms with Crippen LogP contribution in [-0.2, 0) is 17.0 Å². The Bertz CT molecular complexity index is 564. The highest BCUT2D eigenvalue weighted by Crippen LogP contribution is 2.30. The minimum atomic E-state index is -4.63. The lowest BCUT2D eigenvalue weighted by Gasteiger charge is -2.22. The number of nitrogens with one attached hydrogen (secondary N) is 1. The molecule has 1 heterocycles. The quantitative estimate of drug-likeness (QED) is 0.850. The van der Waals surface area contributed by atoms with Crippen LogP contribution >= 0.6 is 0 Å². The van der Waals surface area contributed by atoms with Gasteiger partial charge in [-0.1, -0.05) is 0 Å². The predicted octanol–water partition coefficient (Wildman–Crippen LogP) is 2.49. The van der Waals surface area contributed by atoms with Crippen LogP contribution in [0.1, 0.15) is 28.8 Å².